The Kier molecular flexibility index (Phi) is 5.02. The van der Waals surface area contributed by atoms with Crippen LogP contribution in [0.3, 0.4) is 0 Å². The number of aromatic nitrogens is 3. The first-order valence-electron chi connectivity index (χ1n) is 9.19. The van der Waals surface area contributed by atoms with Crippen LogP contribution in [0.15, 0.2) is 53.3 Å². The number of hydrogen-bond donors (Lipinski definition) is 1. The zero-order valence-electron chi connectivity index (χ0n) is 15.3. The molecule has 0 radical (unpaired) electrons. The molecule has 2 aromatic heterocycles. The predicted molar refractivity (Wildman–Crippen MR) is 99.9 cm³/mol. The van der Waals surface area contributed by atoms with E-state index in [-0.39, 0.29) is 11.9 Å². The lowest BCUT2D eigenvalue weighted by atomic mass is 10.1. The number of nitrogens with one attached hydrogen (secondary N) is 1. The molecule has 0 spiro atoms. The van der Waals surface area contributed by atoms with Crippen molar-refractivity contribution in [1.29, 1.82) is 0 Å². The van der Waals surface area contributed by atoms with Crippen molar-refractivity contribution in [2.75, 3.05) is 19.6 Å². The van der Waals surface area contributed by atoms with Gasteiger partial charge in [-0.15, -0.1) is 0 Å². The van der Waals surface area contributed by atoms with Gasteiger partial charge >= 0.3 is 0 Å². The van der Waals surface area contributed by atoms with Crippen molar-refractivity contribution >= 4 is 5.91 Å². The SMILES string of the molecule is Cc1nc(C2CN(Cc3ccoc3)CCCN2C(=O)c2ccccc2)n[nH]1. The minimum atomic E-state index is -0.197. The van der Waals surface area contributed by atoms with Crippen LogP contribution in [-0.2, 0) is 6.54 Å². The summed E-state index contributed by atoms with van der Waals surface area (Å²) in [6.45, 7) is 4.92. The van der Waals surface area contributed by atoms with Crippen LogP contribution in [0.2, 0.25) is 0 Å². The summed E-state index contributed by atoms with van der Waals surface area (Å²) in [6, 6.07) is 11.2. The average Bonchev–Trinajstić information content (AvgIpc) is 3.30. The third kappa shape index (κ3) is 3.93. The Labute approximate surface area is 158 Å². The van der Waals surface area contributed by atoms with E-state index in [9.17, 15) is 4.79 Å². The molecular formula is C20H23N5O2. The fourth-order valence-electron chi connectivity index (χ4n) is 3.56. The summed E-state index contributed by atoms with van der Waals surface area (Å²) < 4.78 is 5.20. The molecule has 1 aliphatic heterocycles. The second-order valence-corrected chi connectivity index (χ2v) is 6.88. The van der Waals surface area contributed by atoms with Gasteiger partial charge < -0.3 is 9.32 Å². The molecule has 1 aromatic carbocycles. The smallest absolute Gasteiger partial charge is 0.254 e. The number of aromatic amines is 1. The molecular weight excluding hydrogens is 342 g/mol. The van der Waals surface area contributed by atoms with Gasteiger partial charge in [-0.3, -0.25) is 14.8 Å². The summed E-state index contributed by atoms with van der Waals surface area (Å²) in [7, 11) is 0. The van der Waals surface area contributed by atoms with E-state index in [0.717, 1.165) is 30.9 Å². The molecule has 1 saturated heterocycles. The first kappa shape index (κ1) is 17.5. The maximum atomic E-state index is 13.2. The quantitative estimate of drug-likeness (QED) is 0.769. The summed E-state index contributed by atoms with van der Waals surface area (Å²) in [5, 5.41) is 7.28. The molecule has 1 aliphatic rings. The summed E-state index contributed by atoms with van der Waals surface area (Å²) in [5.41, 5.74) is 1.82. The van der Waals surface area contributed by atoms with Gasteiger partial charge in [-0.1, -0.05) is 18.2 Å². The molecule has 1 amide bonds. The van der Waals surface area contributed by atoms with E-state index in [1.165, 1.54) is 0 Å². The molecule has 0 saturated carbocycles. The van der Waals surface area contributed by atoms with E-state index in [1.807, 2.05) is 48.2 Å². The molecule has 27 heavy (non-hydrogen) atoms. The van der Waals surface area contributed by atoms with E-state index >= 15 is 0 Å². The van der Waals surface area contributed by atoms with Gasteiger partial charge in [0.2, 0.25) is 0 Å². The van der Waals surface area contributed by atoms with E-state index in [4.69, 9.17) is 4.42 Å². The zero-order chi connectivity index (χ0) is 18.6. The summed E-state index contributed by atoms with van der Waals surface area (Å²) in [4.78, 5) is 22.0. The van der Waals surface area contributed by atoms with Crippen LogP contribution in [-0.4, -0.2) is 50.5 Å². The van der Waals surface area contributed by atoms with Crippen LogP contribution in [0.25, 0.3) is 0 Å². The van der Waals surface area contributed by atoms with Crippen LogP contribution in [0.4, 0.5) is 0 Å². The van der Waals surface area contributed by atoms with Gasteiger partial charge in [0, 0.05) is 37.3 Å². The normalized spacial score (nSPS) is 18.4. The lowest BCUT2D eigenvalue weighted by Gasteiger charge is -2.30. The number of hydrogen-bond acceptors (Lipinski definition) is 5. The summed E-state index contributed by atoms with van der Waals surface area (Å²) in [5.74, 6) is 1.44. The van der Waals surface area contributed by atoms with Gasteiger partial charge in [-0.2, -0.15) is 5.10 Å². The number of H-pyrrole nitrogens is 1. The van der Waals surface area contributed by atoms with Gasteiger partial charge in [0.05, 0.1) is 12.5 Å². The number of nitrogens with zero attached hydrogens (tertiary/aromatic N) is 4. The highest BCUT2D eigenvalue weighted by Crippen LogP contribution is 2.25. The minimum absolute atomic E-state index is 0.0215. The highest BCUT2D eigenvalue weighted by Gasteiger charge is 2.32. The highest BCUT2D eigenvalue weighted by atomic mass is 16.3. The fraction of sp³-hybridized carbons (Fsp3) is 0.350. The van der Waals surface area contributed by atoms with Crippen molar-refractivity contribution in [3.63, 3.8) is 0 Å². The largest absolute Gasteiger partial charge is 0.472 e. The first-order valence-corrected chi connectivity index (χ1v) is 9.19. The third-order valence-corrected chi connectivity index (χ3v) is 4.86. The van der Waals surface area contributed by atoms with Crippen LogP contribution in [0, 0.1) is 6.92 Å². The number of rotatable bonds is 4. The van der Waals surface area contributed by atoms with Crippen LogP contribution >= 0.6 is 0 Å². The Morgan fingerprint density at radius 3 is 2.81 bits per heavy atom. The Morgan fingerprint density at radius 1 is 1.26 bits per heavy atom. The van der Waals surface area contributed by atoms with Crippen molar-refractivity contribution in [1.82, 2.24) is 25.0 Å². The van der Waals surface area contributed by atoms with Crippen molar-refractivity contribution in [2.24, 2.45) is 0 Å². The number of amides is 1. The van der Waals surface area contributed by atoms with Crippen LogP contribution in [0.5, 0.6) is 0 Å². The van der Waals surface area contributed by atoms with E-state index < -0.39 is 0 Å². The Bertz CT molecular complexity index is 875. The summed E-state index contributed by atoms with van der Waals surface area (Å²) >= 11 is 0. The Balaban J connectivity index is 1.62. The first-order chi connectivity index (χ1) is 13.2. The number of benzene rings is 1. The third-order valence-electron chi connectivity index (χ3n) is 4.86. The molecule has 0 bridgehead atoms. The van der Waals surface area contributed by atoms with Crippen LogP contribution < -0.4 is 0 Å². The minimum Gasteiger partial charge on any atom is -0.472 e. The van der Waals surface area contributed by atoms with Gasteiger partial charge in [-0.05, 0) is 31.5 Å². The highest BCUT2D eigenvalue weighted by molar-refractivity contribution is 5.94. The maximum absolute atomic E-state index is 13.2. The number of furan rings is 1. The standard InChI is InChI=1S/C20H23N5O2/c1-15-21-19(23-22-15)18-13-24(12-16-8-11-27-14-16)9-5-10-25(18)20(26)17-6-3-2-4-7-17/h2-4,6-8,11,14,18H,5,9-10,12-13H2,1H3,(H,21,22,23). The fourth-order valence-corrected chi connectivity index (χ4v) is 3.56. The van der Waals surface area contributed by atoms with Gasteiger partial charge in [0.1, 0.15) is 11.9 Å². The predicted octanol–water partition coefficient (Wildman–Crippen LogP) is 2.80. The molecule has 140 valence electrons. The molecule has 0 aliphatic carbocycles. The van der Waals surface area contributed by atoms with E-state index in [2.05, 4.69) is 20.1 Å². The van der Waals surface area contributed by atoms with Crippen LogP contribution in [0.1, 0.15) is 40.0 Å². The van der Waals surface area contributed by atoms with Gasteiger partial charge in [0.15, 0.2) is 5.82 Å². The molecule has 7 heteroatoms. The number of aryl methyl sites for hydroxylation is 1. The van der Waals surface area contributed by atoms with E-state index in [0.29, 0.717) is 24.5 Å². The van der Waals surface area contributed by atoms with Gasteiger partial charge in [0.25, 0.3) is 5.91 Å². The van der Waals surface area contributed by atoms with Crippen molar-refractivity contribution in [2.45, 2.75) is 25.9 Å². The molecule has 4 rings (SSSR count). The number of carbonyl (C=O) groups excluding carboxylic acids is 1. The average molecular weight is 365 g/mol. The van der Waals surface area contributed by atoms with E-state index in [1.54, 1.807) is 12.5 Å². The summed E-state index contributed by atoms with van der Waals surface area (Å²) in [6.07, 6.45) is 4.36. The molecule has 1 fully saturated rings. The van der Waals surface area contributed by atoms with Crippen molar-refractivity contribution in [3.8, 4) is 0 Å². The lowest BCUT2D eigenvalue weighted by Crippen LogP contribution is -2.39. The lowest BCUT2D eigenvalue weighted by molar-refractivity contribution is 0.0663. The Hall–Kier alpha value is -2.93. The molecule has 3 aromatic rings. The van der Waals surface area contributed by atoms with Crippen molar-refractivity contribution < 1.29 is 9.21 Å². The topological polar surface area (TPSA) is 78.3 Å². The molecule has 1 N–H and O–H groups in total. The van der Waals surface area contributed by atoms with Gasteiger partial charge in [-0.25, -0.2) is 4.98 Å². The molecule has 3 heterocycles. The molecule has 1 atom stereocenters. The monoisotopic (exact) mass is 365 g/mol. The Morgan fingerprint density at radius 2 is 2.11 bits per heavy atom. The molecule has 7 nitrogen and oxygen atoms in total. The zero-order valence-corrected chi connectivity index (χ0v) is 15.3. The second-order valence-electron chi connectivity index (χ2n) is 6.88. The van der Waals surface area contributed by atoms with Crippen molar-refractivity contribution in [3.05, 3.63) is 71.7 Å². The number of carbonyl (C=O) groups is 1. The maximum Gasteiger partial charge on any atom is 0.254 e. The molecule has 1 unspecified atom stereocenters. The second kappa shape index (κ2) is 7.75.